The molecular formula is C17H18Cl2O4. The molecule has 1 aliphatic heterocycles. The van der Waals surface area contributed by atoms with Crippen molar-refractivity contribution < 1.29 is 19.4 Å². The second-order valence-electron chi connectivity index (χ2n) is 5.41. The Morgan fingerprint density at radius 1 is 1.17 bits per heavy atom. The van der Waals surface area contributed by atoms with E-state index in [1.54, 1.807) is 0 Å². The van der Waals surface area contributed by atoms with Gasteiger partial charge in [0.15, 0.2) is 0 Å². The third-order valence-electron chi connectivity index (χ3n) is 3.60. The molecule has 1 N–H and O–H groups in total. The lowest BCUT2D eigenvalue weighted by Crippen LogP contribution is -2.15. The number of cyclic esters (lactones) is 1. The number of hydrogen-bond acceptors (Lipinski definition) is 4. The van der Waals surface area contributed by atoms with Gasteiger partial charge in [-0.1, -0.05) is 23.8 Å². The van der Waals surface area contributed by atoms with Crippen molar-refractivity contribution in [3.8, 4) is 5.75 Å². The Kier molecular flexibility index (Phi) is 6.48. The molecule has 124 valence electrons. The maximum atomic E-state index is 12.2. The molecule has 23 heavy (non-hydrogen) atoms. The van der Waals surface area contributed by atoms with Crippen LogP contribution in [-0.4, -0.2) is 28.8 Å². The quantitative estimate of drug-likeness (QED) is 0.432. The predicted octanol–water partition coefficient (Wildman–Crippen LogP) is 4.05. The first-order valence-corrected chi connectivity index (χ1v) is 8.28. The molecule has 1 aliphatic rings. The molecule has 1 atom stereocenters. The number of Topliss-reactive ketones (excluding diaryl/α,β-unsaturated/α-hetero) is 1. The van der Waals surface area contributed by atoms with E-state index >= 15 is 0 Å². The minimum atomic E-state index is -0.553. The lowest BCUT2D eigenvalue weighted by molar-refractivity contribution is -0.118. The molecule has 1 aromatic rings. The van der Waals surface area contributed by atoms with E-state index in [0.717, 1.165) is 6.42 Å². The molecule has 2 rings (SSSR count). The number of alkyl halides is 1. The fourth-order valence-electron chi connectivity index (χ4n) is 2.40. The van der Waals surface area contributed by atoms with Crippen LogP contribution in [0.4, 0.5) is 0 Å². The Bertz CT molecular complexity index is 625. The van der Waals surface area contributed by atoms with Gasteiger partial charge in [-0.2, -0.15) is 0 Å². The summed E-state index contributed by atoms with van der Waals surface area (Å²) in [5, 5.41) is 9.48. The van der Waals surface area contributed by atoms with Crippen LogP contribution in [0, 0.1) is 0 Å². The maximum absolute atomic E-state index is 12.2. The summed E-state index contributed by atoms with van der Waals surface area (Å²) >= 11 is 12.3. The first kappa shape index (κ1) is 17.8. The molecule has 0 fully saturated rings. The third-order valence-corrected chi connectivity index (χ3v) is 4.39. The summed E-state index contributed by atoms with van der Waals surface area (Å²) in [6.45, 7) is 0.242. The average molecular weight is 357 g/mol. The van der Waals surface area contributed by atoms with Gasteiger partial charge in [-0.05, 0) is 37.0 Å². The zero-order chi connectivity index (χ0) is 16.8. The largest absolute Gasteiger partial charge is 0.506 e. The Hall–Kier alpha value is -1.52. The molecule has 1 unspecified atom stereocenters. The van der Waals surface area contributed by atoms with Crippen molar-refractivity contribution in [2.75, 3.05) is 6.61 Å². The summed E-state index contributed by atoms with van der Waals surface area (Å²) in [7, 11) is 0. The number of ketones is 1. The Balaban J connectivity index is 2.32. The smallest absolute Gasteiger partial charge is 0.338 e. The Morgan fingerprint density at radius 2 is 1.91 bits per heavy atom. The standard InChI is InChI=1S/C17H18Cl2O4/c18-11-5-3-1-2-4-8-23-17(22)13-6-7-15(21)16(19)14(13)10-12(20)9-11/h1-2,6-7,11,21H,3-5,8-10H2/b2-1+. The Morgan fingerprint density at radius 3 is 2.70 bits per heavy atom. The fourth-order valence-corrected chi connectivity index (χ4v) is 2.93. The number of carbonyl (C=O) groups excluding carboxylic acids is 2. The highest BCUT2D eigenvalue weighted by atomic mass is 35.5. The summed E-state index contributed by atoms with van der Waals surface area (Å²) in [5.41, 5.74) is 0.492. The summed E-state index contributed by atoms with van der Waals surface area (Å²) < 4.78 is 5.20. The molecule has 1 aromatic carbocycles. The highest BCUT2D eigenvalue weighted by molar-refractivity contribution is 6.33. The number of aromatic hydroxyl groups is 1. The number of hydrogen-bond donors (Lipinski definition) is 1. The maximum Gasteiger partial charge on any atom is 0.338 e. The van der Waals surface area contributed by atoms with Crippen molar-refractivity contribution >= 4 is 35.0 Å². The number of phenolic OH excluding ortho intramolecular Hbond substituents is 1. The van der Waals surface area contributed by atoms with E-state index in [-0.39, 0.29) is 52.5 Å². The highest BCUT2D eigenvalue weighted by Crippen LogP contribution is 2.31. The van der Waals surface area contributed by atoms with Crippen LogP contribution in [0.5, 0.6) is 5.75 Å². The van der Waals surface area contributed by atoms with Gasteiger partial charge in [0.25, 0.3) is 0 Å². The number of benzene rings is 1. The number of ether oxygens (including phenoxy) is 1. The molecule has 0 radical (unpaired) electrons. The molecule has 1 heterocycles. The predicted molar refractivity (Wildman–Crippen MR) is 89.4 cm³/mol. The van der Waals surface area contributed by atoms with E-state index in [9.17, 15) is 14.7 Å². The molecule has 6 heteroatoms. The van der Waals surface area contributed by atoms with Gasteiger partial charge in [0.2, 0.25) is 0 Å². The lowest BCUT2D eigenvalue weighted by atomic mass is 9.98. The van der Waals surface area contributed by atoms with Crippen LogP contribution in [0.3, 0.4) is 0 Å². The minimum absolute atomic E-state index is 0.00547. The van der Waals surface area contributed by atoms with Crippen LogP contribution in [0.1, 0.15) is 41.6 Å². The van der Waals surface area contributed by atoms with E-state index in [0.29, 0.717) is 12.8 Å². The van der Waals surface area contributed by atoms with Gasteiger partial charge in [-0.25, -0.2) is 4.79 Å². The number of allylic oxidation sites excluding steroid dienone is 1. The SMILES string of the molecule is O=C1Cc2c(ccc(O)c2Cl)C(=O)OCC/C=C/CCC(Cl)C1. The number of carbonyl (C=O) groups is 2. The number of fused-ring (bicyclic) bond motifs is 1. The number of rotatable bonds is 0. The van der Waals surface area contributed by atoms with Crippen LogP contribution in [0.15, 0.2) is 24.3 Å². The van der Waals surface area contributed by atoms with Gasteiger partial charge in [0.1, 0.15) is 11.5 Å². The first-order valence-electron chi connectivity index (χ1n) is 7.47. The van der Waals surface area contributed by atoms with E-state index in [4.69, 9.17) is 27.9 Å². The molecule has 0 saturated heterocycles. The zero-order valence-electron chi connectivity index (χ0n) is 12.6. The third kappa shape index (κ3) is 4.98. The molecule has 0 aromatic heterocycles. The van der Waals surface area contributed by atoms with E-state index in [2.05, 4.69) is 0 Å². The monoisotopic (exact) mass is 356 g/mol. The average Bonchev–Trinajstić information content (AvgIpc) is 2.50. The summed E-state index contributed by atoms with van der Waals surface area (Å²) in [4.78, 5) is 24.4. The number of halogens is 2. The topological polar surface area (TPSA) is 63.6 Å². The summed E-state index contributed by atoms with van der Waals surface area (Å²) in [6, 6.07) is 2.74. The minimum Gasteiger partial charge on any atom is -0.506 e. The van der Waals surface area contributed by atoms with Crippen LogP contribution < -0.4 is 0 Å². The van der Waals surface area contributed by atoms with Gasteiger partial charge >= 0.3 is 5.97 Å². The van der Waals surface area contributed by atoms with Gasteiger partial charge in [-0.15, -0.1) is 11.6 Å². The molecule has 0 amide bonds. The van der Waals surface area contributed by atoms with E-state index < -0.39 is 5.97 Å². The Labute approximate surface area is 145 Å². The molecule has 4 nitrogen and oxygen atoms in total. The zero-order valence-corrected chi connectivity index (χ0v) is 14.1. The van der Waals surface area contributed by atoms with Crippen LogP contribution in [-0.2, 0) is 16.0 Å². The first-order chi connectivity index (χ1) is 11.0. The molecule has 0 saturated carbocycles. The van der Waals surface area contributed by atoms with Crippen molar-refractivity contribution in [2.45, 2.75) is 37.5 Å². The van der Waals surface area contributed by atoms with Gasteiger partial charge < -0.3 is 9.84 Å². The van der Waals surface area contributed by atoms with Crippen molar-refractivity contribution in [2.24, 2.45) is 0 Å². The molecule has 0 spiro atoms. The molecule has 0 aliphatic carbocycles. The van der Waals surface area contributed by atoms with Crippen molar-refractivity contribution in [1.82, 2.24) is 0 Å². The van der Waals surface area contributed by atoms with Crippen molar-refractivity contribution in [3.05, 3.63) is 40.4 Å². The van der Waals surface area contributed by atoms with Crippen molar-refractivity contribution in [1.29, 1.82) is 0 Å². The van der Waals surface area contributed by atoms with Gasteiger partial charge in [0, 0.05) is 18.2 Å². The fraction of sp³-hybridized carbons (Fsp3) is 0.412. The summed E-state index contributed by atoms with van der Waals surface area (Å²) in [6.07, 6.45) is 6.11. The van der Waals surface area contributed by atoms with E-state index in [1.165, 1.54) is 12.1 Å². The van der Waals surface area contributed by atoms with Crippen LogP contribution >= 0.6 is 23.2 Å². The second-order valence-corrected chi connectivity index (χ2v) is 6.41. The molecular weight excluding hydrogens is 339 g/mol. The van der Waals surface area contributed by atoms with Crippen LogP contribution in [0.2, 0.25) is 5.02 Å². The second kappa shape index (κ2) is 8.37. The number of esters is 1. The molecule has 0 bridgehead atoms. The van der Waals surface area contributed by atoms with Gasteiger partial charge in [-0.3, -0.25) is 4.79 Å². The van der Waals surface area contributed by atoms with Gasteiger partial charge in [0.05, 0.1) is 17.2 Å². The number of phenols is 1. The normalized spacial score (nSPS) is 21.9. The van der Waals surface area contributed by atoms with Crippen molar-refractivity contribution in [3.63, 3.8) is 0 Å². The summed E-state index contributed by atoms with van der Waals surface area (Å²) in [5.74, 6) is -0.854. The van der Waals surface area contributed by atoms with Crippen LogP contribution in [0.25, 0.3) is 0 Å². The highest BCUT2D eigenvalue weighted by Gasteiger charge is 2.21. The van der Waals surface area contributed by atoms with E-state index in [1.807, 2.05) is 12.2 Å². The lowest BCUT2D eigenvalue weighted by Gasteiger charge is -2.13.